The van der Waals surface area contributed by atoms with Crippen LogP contribution >= 0.6 is 0 Å². The molecule has 3 rings (SSSR count). The largest absolute Gasteiger partial charge is 0.341 e. The fraction of sp³-hybridized carbons (Fsp3) is 0.389. The van der Waals surface area contributed by atoms with Crippen molar-refractivity contribution in [2.24, 2.45) is 10.9 Å². The first-order chi connectivity index (χ1) is 18.5. The maximum absolute atomic E-state index is 8.36. The first kappa shape index (κ1) is 30.1. The topological polar surface area (TPSA) is 48.2 Å². The second-order valence-corrected chi connectivity index (χ2v) is 11.3. The van der Waals surface area contributed by atoms with E-state index < -0.39 is 0 Å². The molecule has 0 saturated heterocycles. The van der Waals surface area contributed by atoms with Crippen LogP contribution in [-0.2, 0) is 0 Å². The van der Waals surface area contributed by atoms with Crippen molar-refractivity contribution in [1.82, 2.24) is 0 Å². The molecule has 3 nitrogen and oxygen atoms in total. The summed E-state index contributed by atoms with van der Waals surface area (Å²) in [6.45, 7) is 23.0. The molecule has 39 heavy (non-hydrogen) atoms. The van der Waals surface area contributed by atoms with E-state index in [9.17, 15) is 0 Å². The van der Waals surface area contributed by atoms with E-state index in [1.54, 1.807) is 0 Å². The molecular weight excluding hydrogens is 474 g/mol. The average molecular weight is 522 g/mol. The van der Waals surface area contributed by atoms with Crippen LogP contribution in [0.3, 0.4) is 0 Å². The van der Waals surface area contributed by atoms with Gasteiger partial charge in [-0.15, -0.1) is 0 Å². The van der Waals surface area contributed by atoms with Crippen molar-refractivity contribution in [3.05, 3.63) is 106 Å². The van der Waals surface area contributed by atoms with Crippen LogP contribution in [0.5, 0.6) is 0 Å². The number of rotatable bonds is 10. The van der Waals surface area contributed by atoms with Crippen LogP contribution in [0.1, 0.15) is 91.2 Å². The molecule has 1 aromatic carbocycles. The predicted molar refractivity (Wildman–Crippen MR) is 173 cm³/mol. The molecule has 2 aliphatic rings. The number of aryl methyl sites for hydroxylation is 1. The standard InChI is InChI=1S/C36H47N3/c1-10-30(20-25(6)23(3)4)36(22-29-14-12-13-15-29)39-28(9)38-35-17-16-31(21-26(35)7)32(11-2)33-18-24(5)19-34(37)27(33)8/h10-11,16-17,19-21,29,37-38H,3,9,12-15,18,22H2,1-2,4-8H3/b25-20+,30-10-,32-11-,37-34?,39-36-. The van der Waals surface area contributed by atoms with Crippen LogP contribution in [0.15, 0.2) is 99.9 Å². The number of benzene rings is 1. The highest BCUT2D eigenvalue weighted by Gasteiger charge is 2.20. The SMILES string of the molecule is C=C(\N=C(CC1CCCC1)/C(=C\C)/C=C(\C)C(=C)C)Nc1ccc(/C(=C/C)C2=C(C)C(=N)C=C(C)C2)cc1C. The number of nitrogens with one attached hydrogen (secondary N) is 2. The molecule has 0 radical (unpaired) electrons. The van der Waals surface area contributed by atoms with Gasteiger partial charge < -0.3 is 10.7 Å². The number of nitrogens with zero attached hydrogens (tertiary/aromatic N) is 1. The fourth-order valence-electron chi connectivity index (χ4n) is 5.52. The normalized spacial score (nSPS) is 18.0. The van der Waals surface area contributed by atoms with Gasteiger partial charge in [0.05, 0.1) is 5.71 Å². The lowest BCUT2D eigenvalue weighted by atomic mass is 9.84. The van der Waals surface area contributed by atoms with E-state index in [1.165, 1.54) is 53.5 Å². The minimum absolute atomic E-state index is 0.611. The van der Waals surface area contributed by atoms with E-state index >= 15 is 0 Å². The van der Waals surface area contributed by atoms with Gasteiger partial charge in [-0.25, -0.2) is 4.99 Å². The summed E-state index contributed by atoms with van der Waals surface area (Å²) in [7, 11) is 0. The van der Waals surface area contributed by atoms with E-state index in [-0.39, 0.29) is 0 Å². The molecule has 0 bridgehead atoms. The third-order valence-corrected chi connectivity index (χ3v) is 8.05. The number of allylic oxidation sites excluding steroid dienone is 11. The highest BCUT2D eigenvalue weighted by Crippen LogP contribution is 2.35. The van der Waals surface area contributed by atoms with Gasteiger partial charge in [-0.1, -0.05) is 74.3 Å². The Bertz CT molecular complexity index is 1330. The lowest BCUT2D eigenvalue weighted by Crippen LogP contribution is -2.11. The Morgan fingerprint density at radius 3 is 2.36 bits per heavy atom. The van der Waals surface area contributed by atoms with Crippen molar-refractivity contribution in [3.63, 3.8) is 0 Å². The summed E-state index contributed by atoms with van der Waals surface area (Å²) in [4.78, 5) is 5.05. The van der Waals surface area contributed by atoms with E-state index in [0.29, 0.717) is 17.5 Å². The van der Waals surface area contributed by atoms with Crippen molar-refractivity contribution in [2.45, 2.75) is 87.0 Å². The first-order valence-electron chi connectivity index (χ1n) is 14.3. The van der Waals surface area contributed by atoms with Gasteiger partial charge in [0.1, 0.15) is 5.82 Å². The summed E-state index contributed by atoms with van der Waals surface area (Å²) < 4.78 is 0. The summed E-state index contributed by atoms with van der Waals surface area (Å²) in [5.41, 5.74) is 13.2. The Labute approximate surface area is 237 Å². The smallest absolute Gasteiger partial charge is 0.123 e. The van der Waals surface area contributed by atoms with Gasteiger partial charge in [-0.2, -0.15) is 0 Å². The lowest BCUT2D eigenvalue weighted by Gasteiger charge is -2.21. The molecule has 2 aliphatic carbocycles. The molecule has 2 N–H and O–H groups in total. The van der Waals surface area contributed by atoms with Crippen LogP contribution in [0, 0.1) is 18.3 Å². The molecule has 0 aromatic heterocycles. The Balaban J connectivity index is 1.87. The van der Waals surface area contributed by atoms with Crippen LogP contribution < -0.4 is 5.32 Å². The van der Waals surface area contributed by atoms with Crippen LogP contribution in [0.25, 0.3) is 5.57 Å². The molecule has 0 atom stereocenters. The van der Waals surface area contributed by atoms with Crippen molar-refractivity contribution in [3.8, 4) is 0 Å². The predicted octanol–water partition coefficient (Wildman–Crippen LogP) is 10.5. The van der Waals surface area contributed by atoms with Crippen molar-refractivity contribution in [2.75, 3.05) is 5.32 Å². The second-order valence-electron chi connectivity index (χ2n) is 11.3. The number of hydrogen-bond acceptors (Lipinski definition) is 3. The molecule has 0 aliphatic heterocycles. The molecule has 1 aromatic rings. The third-order valence-electron chi connectivity index (χ3n) is 8.05. The van der Waals surface area contributed by atoms with Crippen molar-refractivity contribution >= 4 is 22.7 Å². The van der Waals surface area contributed by atoms with E-state index in [0.717, 1.165) is 46.5 Å². The number of aliphatic imine (C=N–C) groups is 1. The zero-order valence-electron chi connectivity index (χ0n) is 25.2. The molecule has 0 spiro atoms. The molecule has 0 heterocycles. The highest BCUT2D eigenvalue weighted by molar-refractivity contribution is 6.10. The van der Waals surface area contributed by atoms with Gasteiger partial charge in [-0.3, -0.25) is 0 Å². The maximum Gasteiger partial charge on any atom is 0.123 e. The summed E-state index contributed by atoms with van der Waals surface area (Å²) in [5, 5.41) is 11.8. The average Bonchev–Trinajstić information content (AvgIpc) is 3.40. The summed E-state index contributed by atoms with van der Waals surface area (Å²) in [6.07, 6.45) is 15.6. The highest BCUT2D eigenvalue weighted by atomic mass is 15.0. The quantitative estimate of drug-likeness (QED) is 0.233. The fourth-order valence-corrected chi connectivity index (χ4v) is 5.52. The minimum atomic E-state index is 0.611. The molecule has 0 amide bonds. The molecular formula is C36H47N3. The third kappa shape index (κ3) is 7.79. The molecule has 1 saturated carbocycles. The number of anilines is 1. The van der Waals surface area contributed by atoms with E-state index in [2.05, 4.69) is 96.4 Å². The second kappa shape index (κ2) is 13.6. The number of hydrogen-bond donors (Lipinski definition) is 2. The monoisotopic (exact) mass is 521 g/mol. The van der Waals surface area contributed by atoms with Gasteiger partial charge in [0.25, 0.3) is 0 Å². The van der Waals surface area contributed by atoms with Gasteiger partial charge >= 0.3 is 0 Å². The minimum Gasteiger partial charge on any atom is -0.341 e. The van der Waals surface area contributed by atoms with Gasteiger partial charge in [0.2, 0.25) is 0 Å². The van der Waals surface area contributed by atoms with Crippen molar-refractivity contribution < 1.29 is 0 Å². The molecule has 3 heteroatoms. The van der Waals surface area contributed by atoms with Gasteiger partial charge in [0.15, 0.2) is 0 Å². The zero-order valence-corrected chi connectivity index (χ0v) is 25.2. The molecule has 0 unspecified atom stereocenters. The molecule has 206 valence electrons. The van der Waals surface area contributed by atoms with E-state index in [1.807, 2.05) is 13.0 Å². The zero-order chi connectivity index (χ0) is 28.7. The maximum atomic E-state index is 8.36. The Morgan fingerprint density at radius 2 is 1.77 bits per heavy atom. The summed E-state index contributed by atoms with van der Waals surface area (Å²) >= 11 is 0. The Hall–Kier alpha value is -3.46. The van der Waals surface area contributed by atoms with Crippen LogP contribution in [0.4, 0.5) is 5.69 Å². The summed E-state index contributed by atoms with van der Waals surface area (Å²) in [5.74, 6) is 1.34. The van der Waals surface area contributed by atoms with Gasteiger partial charge in [-0.05, 0) is 124 Å². The summed E-state index contributed by atoms with van der Waals surface area (Å²) in [6, 6.07) is 6.51. The van der Waals surface area contributed by atoms with Gasteiger partial charge in [0, 0.05) is 11.4 Å². The Kier molecular flexibility index (Phi) is 10.5. The van der Waals surface area contributed by atoms with E-state index in [4.69, 9.17) is 10.4 Å². The first-order valence-corrected chi connectivity index (χ1v) is 14.3. The Morgan fingerprint density at radius 1 is 1.08 bits per heavy atom. The van der Waals surface area contributed by atoms with Crippen molar-refractivity contribution in [1.29, 1.82) is 5.41 Å². The lowest BCUT2D eigenvalue weighted by molar-refractivity contribution is 0.573. The van der Waals surface area contributed by atoms with Crippen LogP contribution in [-0.4, -0.2) is 11.4 Å². The molecule has 1 fully saturated rings. The van der Waals surface area contributed by atoms with Crippen LogP contribution in [0.2, 0.25) is 0 Å².